The molecule has 0 aromatic heterocycles. The van der Waals surface area contributed by atoms with Crippen molar-refractivity contribution in [1.82, 2.24) is 9.80 Å². The standard InChI is InChI=1S/C46H48N4O7S/c1-6-15-54-43-25(3)44-45(57-23-56-44)39-31(43)18-35-40-38-26(16-24(2)42(53-5)41(38)51)17-34(49(40)4)36(19-47)50(35)37(39)20-55-46(52)33(48)22-58-21-32-29-13-9-7-11-27(29)28-12-8-10-14-30(28)32/h6-14,16,32-37,40,51H,1,15,17-18,20-23,48H2,2-5H3/t33-,34-,35?,36-,37-,40+/m0/s1. The molecule has 0 amide bonds. The van der Waals surface area contributed by atoms with Gasteiger partial charge >= 0.3 is 5.97 Å². The number of carbonyl (C=O) groups excluding carboxylic acids is 1. The predicted molar refractivity (Wildman–Crippen MR) is 222 cm³/mol. The minimum absolute atomic E-state index is 0.0254. The average molecular weight is 801 g/mol. The van der Waals surface area contributed by atoms with Crippen LogP contribution in [0.1, 0.15) is 62.5 Å². The van der Waals surface area contributed by atoms with Gasteiger partial charge in [-0.2, -0.15) is 17.0 Å². The Morgan fingerprint density at radius 3 is 2.47 bits per heavy atom. The molecule has 12 heteroatoms. The minimum atomic E-state index is -0.872. The third-order valence-electron chi connectivity index (χ3n) is 12.8. The zero-order chi connectivity index (χ0) is 40.4. The summed E-state index contributed by atoms with van der Waals surface area (Å²) in [7, 11) is 3.59. The van der Waals surface area contributed by atoms with E-state index in [0.717, 1.165) is 39.1 Å². The third kappa shape index (κ3) is 5.93. The number of nitrogens with zero attached hydrogens (tertiary/aromatic N) is 3. The number of aromatic hydroxyl groups is 1. The van der Waals surface area contributed by atoms with Gasteiger partial charge in [-0.05, 0) is 67.1 Å². The second-order valence-corrected chi connectivity index (χ2v) is 16.9. The number of phenols is 1. The number of benzene rings is 4. The number of hydrogen-bond acceptors (Lipinski definition) is 12. The first-order valence-corrected chi connectivity index (χ1v) is 21.0. The molecular formula is C46H48N4O7S. The second-order valence-electron chi connectivity index (χ2n) is 15.9. The van der Waals surface area contributed by atoms with Crippen molar-refractivity contribution in [2.75, 3.05) is 45.7 Å². The number of ether oxygens (including phenoxy) is 5. The van der Waals surface area contributed by atoms with Crippen LogP contribution in [0.3, 0.4) is 0 Å². The van der Waals surface area contributed by atoms with E-state index in [1.807, 2.05) is 20.9 Å². The van der Waals surface area contributed by atoms with Crippen molar-refractivity contribution in [2.24, 2.45) is 5.73 Å². The average Bonchev–Trinajstić information content (AvgIpc) is 3.84. The zero-order valence-electron chi connectivity index (χ0n) is 33.2. The third-order valence-corrected chi connectivity index (χ3v) is 14.0. The summed E-state index contributed by atoms with van der Waals surface area (Å²) in [6.45, 7) is 7.96. The summed E-state index contributed by atoms with van der Waals surface area (Å²) in [4.78, 5) is 18.3. The molecule has 1 saturated heterocycles. The highest BCUT2D eigenvalue weighted by Gasteiger charge is 2.57. The molecule has 58 heavy (non-hydrogen) atoms. The summed E-state index contributed by atoms with van der Waals surface area (Å²) in [5, 5.41) is 22.9. The number of likely N-dealkylation sites (N-methyl/N-ethyl adjacent to an activating group) is 1. The summed E-state index contributed by atoms with van der Waals surface area (Å²) in [5.74, 6) is 3.17. The molecule has 1 fully saturated rings. The molecule has 1 aliphatic carbocycles. The number of thioether (sulfide) groups is 1. The molecule has 4 aromatic rings. The number of nitriles is 1. The molecule has 0 saturated carbocycles. The number of rotatable bonds is 11. The van der Waals surface area contributed by atoms with Crippen LogP contribution in [0, 0.1) is 25.2 Å². The molecule has 0 spiro atoms. The molecule has 0 radical (unpaired) electrons. The first kappa shape index (κ1) is 38.3. The van der Waals surface area contributed by atoms with E-state index in [2.05, 4.69) is 77.0 Å². The Bertz CT molecular complexity index is 2320. The van der Waals surface area contributed by atoms with Gasteiger partial charge in [0.1, 0.15) is 31.0 Å². The zero-order valence-corrected chi connectivity index (χ0v) is 34.0. The number of esters is 1. The number of methoxy groups -OCH3 is 1. The summed E-state index contributed by atoms with van der Waals surface area (Å²) in [6, 6.07) is 18.7. The first-order chi connectivity index (χ1) is 28.2. The molecule has 9 rings (SSSR count). The van der Waals surface area contributed by atoms with Crippen molar-refractivity contribution in [3.8, 4) is 45.9 Å². The van der Waals surface area contributed by atoms with Crippen LogP contribution in [-0.4, -0.2) is 90.7 Å². The Kier molecular flexibility index (Phi) is 10.0. The van der Waals surface area contributed by atoms with Gasteiger partial charge in [-0.25, -0.2) is 0 Å². The lowest BCUT2D eigenvalue weighted by molar-refractivity contribution is -0.150. The first-order valence-electron chi connectivity index (χ1n) is 19.8. The Balaban J connectivity index is 1.05. The fraction of sp³-hybridized carbons (Fsp3) is 0.391. The highest BCUT2D eigenvalue weighted by Crippen LogP contribution is 2.58. The van der Waals surface area contributed by atoms with Crippen molar-refractivity contribution in [1.29, 1.82) is 5.26 Å². The van der Waals surface area contributed by atoms with Crippen LogP contribution in [0.5, 0.6) is 28.7 Å². The maximum Gasteiger partial charge on any atom is 0.323 e. The highest BCUT2D eigenvalue weighted by molar-refractivity contribution is 7.99. The maximum atomic E-state index is 13.9. The number of piperazine rings is 1. The summed E-state index contributed by atoms with van der Waals surface area (Å²) in [5.41, 5.74) is 16.8. The van der Waals surface area contributed by atoms with Gasteiger partial charge in [0.05, 0.1) is 25.3 Å². The van der Waals surface area contributed by atoms with Crippen molar-refractivity contribution < 1.29 is 33.6 Å². The molecule has 2 bridgehead atoms. The van der Waals surface area contributed by atoms with Gasteiger partial charge in [-0.1, -0.05) is 67.3 Å². The van der Waals surface area contributed by atoms with E-state index in [4.69, 9.17) is 29.4 Å². The molecule has 300 valence electrons. The van der Waals surface area contributed by atoms with Crippen LogP contribution in [0.2, 0.25) is 0 Å². The van der Waals surface area contributed by atoms with Crippen molar-refractivity contribution in [3.63, 3.8) is 0 Å². The lowest BCUT2D eigenvalue weighted by Crippen LogP contribution is -2.68. The van der Waals surface area contributed by atoms with Crippen molar-refractivity contribution in [3.05, 3.63) is 112 Å². The molecular weight excluding hydrogens is 753 g/mol. The maximum absolute atomic E-state index is 13.9. The van der Waals surface area contributed by atoms with E-state index < -0.39 is 24.1 Å². The van der Waals surface area contributed by atoms with E-state index in [0.29, 0.717) is 41.6 Å². The van der Waals surface area contributed by atoms with Crippen LogP contribution in [0.4, 0.5) is 0 Å². The number of aryl methyl sites for hydroxylation is 1. The van der Waals surface area contributed by atoms with Crippen LogP contribution < -0.4 is 24.7 Å². The number of carbonyl (C=O) groups is 1. The fourth-order valence-electron chi connectivity index (χ4n) is 10.4. The molecule has 4 aliphatic heterocycles. The normalized spacial score (nSPS) is 23.1. The number of nitrogens with two attached hydrogens (primary N) is 1. The number of fused-ring (bicyclic) bond motifs is 12. The topological polar surface area (TPSA) is 140 Å². The van der Waals surface area contributed by atoms with Crippen molar-refractivity contribution in [2.45, 2.75) is 68.9 Å². The quantitative estimate of drug-likeness (QED) is 0.127. The minimum Gasteiger partial charge on any atom is -0.504 e. The van der Waals surface area contributed by atoms with Crippen LogP contribution in [-0.2, 0) is 22.4 Å². The van der Waals surface area contributed by atoms with Gasteiger partial charge in [0, 0.05) is 51.8 Å². The van der Waals surface area contributed by atoms with Gasteiger partial charge in [0.2, 0.25) is 6.79 Å². The van der Waals surface area contributed by atoms with E-state index in [-0.39, 0.29) is 49.8 Å². The second kappa shape index (κ2) is 15.2. The molecule has 6 atom stereocenters. The smallest absolute Gasteiger partial charge is 0.323 e. The lowest BCUT2D eigenvalue weighted by atomic mass is 9.71. The largest absolute Gasteiger partial charge is 0.504 e. The van der Waals surface area contributed by atoms with Gasteiger partial charge < -0.3 is 34.5 Å². The molecule has 5 aliphatic rings. The van der Waals surface area contributed by atoms with E-state index in [1.165, 1.54) is 22.3 Å². The summed E-state index contributed by atoms with van der Waals surface area (Å²) in [6.07, 6.45) is 2.70. The summed E-state index contributed by atoms with van der Waals surface area (Å²) >= 11 is 1.64. The molecule has 4 aromatic carbocycles. The molecule has 3 N–H and O–H groups in total. The van der Waals surface area contributed by atoms with Crippen LogP contribution in [0.25, 0.3) is 11.1 Å². The number of phenolic OH excluding ortho intramolecular Hbond substituents is 1. The summed E-state index contributed by atoms with van der Waals surface area (Å²) < 4.78 is 30.6. The van der Waals surface area contributed by atoms with Gasteiger partial charge in [-0.15, -0.1) is 0 Å². The van der Waals surface area contributed by atoms with Crippen LogP contribution >= 0.6 is 11.8 Å². The predicted octanol–water partition coefficient (Wildman–Crippen LogP) is 6.50. The van der Waals surface area contributed by atoms with Crippen LogP contribution in [0.15, 0.2) is 67.3 Å². The highest BCUT2D eigenvalue weighted by atomic mass is 32.2. The molecule has 11 nitrogen and oxygen atoms in total. The Hall–Kier alpha value is -5.19. The Morgan fingerprint density at radius 2 is 1.78 bits per heavy atom. The SMILES string of the molecule is C=CCOc1c(C)c2c(c3c1CC1[C@@H]4c5c(cc(C)c(OC)c5O)C[C@@H]([C@H](C#N)N1[C@H]3COC(=O)[C@@H](N)CSCC1c3ccccc3-c3ccccc31)N4C)OCO2. The number of hydrogen-bond donors (Lipinski definition) is 2. The van der Waals surface area contributed by atoms with Gasteiger partial charge in [0.25, 0.3) is 0 Å². The molecule has 1 unspecified atom stereocenters. The van der Waals surface area contributed by atoms with E-state index in [9.17, 15) is 15.2 Å². The van der Waals surface area contributed by atoms with E-state index >= 15 is 0 Å². The fourth-order valence-corrected chi connectivity index (χ4v) is 11.5. The van der Waals surface area contributed by atoms with E-state index in [1.54, 1.807) is 24.9 Å². The Labute approximate surface area is 343 Å². The monoisotopic (exact) mass is 800 g/mol. The lowest BCUT2D eigenvalue weighted by Gasteiger charge is -2.59. The van der Waals surface area contributed by atoms with Gasteiger partial charge in [0.15, 0.2) is 23.0 Å². The molecule has 4 heterocycles. The van der Waals surface area contributed by atoms with Crippen molar-refractivity contribution >= 4 is 17.7 Å². The Morgan fingerprint density at radius 1 is 1.07 bits per heavy atom. The van der Waals surface area contributed by atoms with Gasteiger partial charge in [-0.3, -0.25) is 14.6 Å².